The largest absolute Gasteiger partial charge is 0.355 e. The predicted octanol–water partition coefficient (Wildman–Crippen LogP) is 1.82. The second-order valence-electron chi connectivity index (χ2n) is 6.57. The van der Waals surface area contributed by atoms with Crippen molar-refractivity contribution < 1.29 is 0 Å². The summed E-state index contributed by atoms with van der Waals surface area (Å²) in [6.07, 6.45) is 7.46. The Hall–Kier alpha value is -2.44. The molecule has 0 aromatic carbocycles. The summed E-state index contributed by atoms with van der Waals surface area (Å²) in [6, 6.07) is 0. The Labute approximate surface area is 135 Å². The molecule has 4 rings (SSSR count). The molecule has 4 heterocycles. The van der Waals surface area contributed by atoms with Gasteiger partial charge in [0.05, 0.1) is 11.6 Å². The minimum absolute atomic E-state index is 0.457. The number of fused-ring (bicyclic) bond motifs is 1. The van der Waals surface area contributed by atoms with Crippen molar-refractivity contribution in [1.82, 2.24) is 29.3 Å². The topological polar surface area (TPSA) is 64.7 Å². The summed E-state index contributed by atoms with van der Waals surface area (Å²) in [5.74, 6) is 3.25. The third-order valence-electron chi connectivity index (χ3n) is 4.48. The molecule has 7 nitrogen and oxygen atoms in total. The van der Waals surface area contributed by atoms with Crippen LogP contribution in [0.2, 0.25) is 0 Å². The minimum atomic E-state index is 0.457. The van der Waals surface area contributed by atoms with Crippen LogP contribution >= 0.6 is 0 Å². The molecule has 3 aromatic rings. The van der Waals surface area contributed by atoms with Crippen molar-refractivity contribution in [3.63, 3.8) is 0 Å². The molecule has 1 aliphatic heterocycles. The molecule has 0 spiro atoms. The highest BCUT2D eigenvalue weighted by Gasteiger charge is 2.30. The molecule has 0 bridgehead atoms. The van der Waals surface area contributed by atoms with E-state index < -0.39 is 0 Å². The summed E-state index contributed by atoms with van der Waals surface area (Å²) in [5.41, 5.74) is 0.884. The predicted molar refractivity (Wildman–Crippen MR) is 88.3 cm³/mol. The van der Waals surface area contributed by atoms with Crippen molar-refractivity contribution in [3.8, 4) is 0 Å². The van der Waals surface area contributed by atoms with Gasteiger partial charge in [0, 0.05) is 50.9 Å². The summed E-state index contributed by atoms with van der Waals surface area (Å²) in [5, 5.41) is 5.31. The summed E-state index contributed by atoms with van der Waals surface area (Å²) >= 11 is 0. The quantitative estimate of drug-likeness (QED) is 0.735. The maximum absolute atomic E-state index is 4.47. The van der Waals surface area contributed by atoms with E-state index >= 15 is 0 Å². The van der Waals surface area contributed by atoms with Gasteiger partial charge in [0.15, 0.2) is 5.65 Å². The first kappa shape index (κ1) is 14.2. The van der Waals surface area contributed by atoms with Crippen molar-refractivity contribution in [2.75, 3.05) is 18.0 Å². The van der Waals surface area contributed by atoms with Crippen LogP contribution in [-0.4, -0.2) is 42.4 Å². The van der Waals surface area contributed by atoms with E-state index in [4.69, 9.17) is 0 Å². The summed E-state index contributed by atoms with van der Waals surface area (Å²) < 4.78 is 4.07. The standard InChI is InChI=1S/C16H21N7/c1-11(2)14-17-4-5-22(14)7-12-8-23(9-12)16-13-6-20-21(3)15(13)18-10-19-16/h4-6,10-12H,7-9H2,1-3H3. The lowest BCUT2D eigenvalue weighted by atomic mass is 9.99. The van der Waals surface area contributed by atoms with Crippen LogP contribution in [-0.2, 0) is 13.6 Å². The Morgan fingerprint density at radius 3 is 2.83 bits per heavy atom. The molecule has 0 amide bonds. The van der Waals surface area contributed by atoms with E-state index in [-0.39, 0.29) is 0 Å². The molecule has 3 aromatic heterocycles. The van der Waals surface area contributed by atoms with Crippen LogP contribution < -0.4 is 4.90 Å². The molecule has 0 radical (unpaired) electrons. The van der Waals surface area contributed by atoms with Gasteiger partial charge in [-0.2, -0.15) is 5.10 Å². The minimum Gasteiger partial charge on any atom is -0.355 e. The number of anilines is 1. The van der Waals surface area contributed by atoms with Crippen LogP contribution in [0.15, 0.2) is 24.9 Å². The van der Waals surface area contributed by atoms with E-state index in [1.54, 1.807) is 11.0 Å². The van der Waals surface area contributed by atoms with E-state index in [9.17, 15) is 0 Å². The van der Waals surface area contributed by atoms with Crippen molar-refractivity contribution >= 4 is 16.9 Å². The number of aryl methyl sites for hydroxylation is 1. The zero-order valence-electron chi connectivity index (χ0n) is 13.7. The fourth-order valence-corrected chi connectivity index (χ4v) is 3.31. The first-order valence-electron chi connectivity index (χ1n) is 8.02. The van der Waals surface area contributed by atoms with Crippen molar-refractivity contribution in [2.24, 2.45) is 13.0 Å². The highest BCUT2D eigenvalue weighted by molar-refractivity contribution is 5.86. The van der Waals surface area contributed by atoms with Crippen LogP contribution in [0.3, 0.4) is 0 Å². The molecular weight excluding hydrogens is 290 g/mol. The van der Waals surface area contributed by atoms with E-state index in [1.807, 2.05) is 19.4 Å². The Morgan fingerprint density at radius 1 is 1.22 bits per heavy atom. The van der Waals surface area contributed by atoms with Crippen molar-refractivity contribution in [1.29, 1.82) is 0 Å². The second-order valence-corrected chi connectivity index (χ2v) is 6.57. The fraction of sp³-hybridized carbons (Fsp3) is 0.500. The van der Waals surface area contributed by atoms with Crippen LogP contribution in [0.4, 0.5) is 5.82 Å². The van der Waals surface area contributed by atoms with Crippen molar-refractivity contribution in [3.05, 3.63) is 30.7 Å². The van der Waals surface area contributed by atoms with Crippen LogP contribution in [0.25, 0.3) is 11.0 Å². The SMILES string of the molecule is CC(C)c1nccn1CC1CN(c2ncnc3c2cnn3C)C1. The number of hydrogen-bond acceptors (Lipinski definition) is 5. The molecule has 23 heavy (non-hydrogen) atoms. The molecule has 0 aliphatic carbocycles. The van der Waals surface area contributed by atoms with Gasteiger partial charge in [0.1, 0.15) is 18.0 Å². The molecular formula is C16H21N7. The van der Waals surface area contributed by atoms with Gasteiger partial charge in [-0.3, -0.25) is 4.68 Å². The average molecular weight is 311 g/mol. The normalized spacial score (nSPS) is 15.6. The fourth-order valence-electron chi connectivity index (χ4n) is 3.31. The monoisotopic (exact) mass is 311 g/mol. The van der Waals surface area contributed by atoms with E-state index in [1.165, 1.54) is 5.82 Å². The van der Waals surface area contributed by atoms with Gasteiger partial charge in [-0.05, 0) is 0 Å². The van der Waals surface area contributed by atoms with Crippen molar-refractivity contribution in [2.45, 2.75) is 26.3 Å². The first-order valence-corrected chi connectivity index (χ1v) is 8.02. The van der Waals surface area contributed by atoms with Gasteiger partial charge in [-0.15, -0.1) is 0 Å². The number of nitrogens with zero attached hydrogens (tertiary/aromatic N) is 7. The molecule has 1 saturated heterocycles. The van der Waals surface area contributed by atoms with Crippen LogP contribution in [0.1, 0.15) is 25.6 Å². The lowest BCUT2D eigenvalue weighted by Gasteiger charge is -2.40. The zero-order valence-corrected chi connectivity index (χ0v) is 13.7. The Bertz CT molecular complexity index is 826. The Balaban J connectivity index is 1.48. The molecule has 120 valence electrons. The Kier molecular flexibility index (Phi) is 3.28. The van der Waals surface area contributed by atoms with Gasteiger partial charge >= 0.3 is 0 Å². The van der Waals surface area contributed by atoms with Gasteiger partial charge in [0.25, 0.3) is 0 Å². The molecule has 0 atom stereocenters. The summed E-state index contributed by atoms with van der Waals surface area (Å²) in [6.45, 7) is 7.41. The smallest absolute Gasteiger partial charge is 0.163 e. The van der Waals surface area contributed by atoms with Gasteiger partial charge in [-0.25, -0.2) is 15.0 Å². The van der Waals surface area contributed by atoms with E-state index in [0.717, 1.165) is 36.5 Å². The molecule has 7 heteroatoms. The van der Waals surface area contributed by atoms with Gasteiger partial charge in [0.2, 0.25) is 0 Å². The molecule has 0 N–H and O–H groups in total. The average Bonchev–Trinajstić information content (AvgIpc) is 3.10. The maximum atomic E-state index is 4.47. The molecule has 1 aliphatic rings. The first-order chi connectivity index (χ1) is 11.1. The molecule has 0 unspecified atom stereocenters. The third kappa shape index (κ3) is 2.36. The molecule has 0 saturated carbocycles. The second kappa shape index (κ2) is 5.33. The number of hydrogen-bond donors (Lipinski definition) is 0. The number of aromatic nitrogens is 6. The lowest BCUT2D eigenvalue weighted by Crippen LogP contribution is -2.49. The summed E-state index contributed by atoms with van der Waals surface area (Å²) in [4.78, 5) is 15.5. The lowest BCUT2D eigenvalue weighted by molar-refractivity contribution is 0.349. The van der Waals surface area contributed by atoms with E-state index in [2.05, 4.69) is 49.6 Å². The summed E-state index contributed by atoms with van der Waals surface area (Å²) in [7, 11) is 1.91. The highest BCUT2D eigenvalue weighted by Crippen LogP contribution is 2.29. The maximum Gasteiger partial charge on any atom is 0.163 e. The zero-order chi connectivity index (χ0) is 16.0. The van der Waals surface area contributed by atoms with Gasteiger partial charge < -0.3 is 9.47 Å². The van der Waals surface area contributed by atoms with Crippen LogP contribution in [0.5, 0.6) is 0 Å². The highest BCUT2D eigenvalue weighted by atomic mass is 15.3. The van der Waals surface area contributed by atoms with E-state index in [0.29, 0.717) is 11.8 Å². The Morgan fingerprint density at radius 2 is 2.04 bits per heavy atom. The number of rotatable bonds is 4. The molecule has 1 fully saturated rings. The number of imidazole rings is 1. The third-order valence-corrected chi connectivity index (χ3v) is 4.48. The van der Waals surface area contributed by atoms with Crippen LogP contribution in [0, 0.1) is 5.92 Å². The van der Waals surface area contributed by atoms with Gasteiger partial charge in [-0.1, -0.05) is 13.8 Å².